The summed E-state index contributed by atoms with van der Waals surface area (Å²) in [4.78, 5) is 32.4. The first-order chi connectivity index (χ1) is 16.9. The van der Waals surface area contributed by atoms with E-state index in [-0.39, 0.29) is 11.7 Å². The van der Waals surface area contributed by atoms with Gasteiger partial charge in [0.15, 0.2) is 17.3 Å². The van der Waals surface area contributed by atoms with Crippen molar-refractivity contribution < 1.29 is 19.1 Å². The number of ketones is 1. The molecule has 0 saturated carbocycles. The summed E-state index contributed by atoms with van der Waals surface area (Å²) < 4.78 is 11.5. The van der Waals surface area contributed by atoms with E-state index in [0.717, 1.165) is 23.4 Å². The van der Waals surface area contributed by atoms with Crippen LogP contribution in [0.2, 0.25) is 0 Å². The van der Waals surface area contributed by atoms with Gasteiger partial charge in [0.05, 0.1) is 11.4 Å². The van der Waals surface area contributed by atoms with Crippen LogP contribution < -0.4 is 14.8 Å². The summed E-state index contributed by atoms with van der Waals surface area (Å²) in [6.45, 7) is 3.31. The summed E-state index contributed by atoms with van der Waals surface area (Å²) in [6, 6.07) is 18.9. The molecule has 1 atom stereocenters. The number of nitrogens with zero attached hydrogens (tertiary/aromatic N) is 2. The van der Waals surface area contributed by atoms with Gasteiger partial charge in [-0.15, -0.1) is 0 Å². The number of carbonyl (C=O) groups is 2. The SMILES string of the molecule is CC(=O)c1ccc2c(c1)C(C(=Nc1ccc(CN(C)C)cc1)c1ccc3c(c1)OCCO3)C(=O)N2. The molecule has 2 heterocycles. The first-order valence-corrected chi connectivity index (χ1v) is 11.6. The van der Waals surface area contributed by atoms with E-state index in [1.807, 2.05) is 56.6 Å². The van der Waals surface area contributed by atoms with Gasteiger partial charge in [-0.05, 0) is 80.7 Å². The molecule has 1 unspecified atom stereocenters. The lowest BCUT2D eigenvalue weighted by atomic mass is 9.89. The van der Waals surface area contributed by atoms with Gasteiger partial charge in [-0.3, -0.25) is 14.6 Å². The van der Waals surface area contributed by atoms with Gasteiger partial charge < -0.3 is 19.7 Å². The third-order valence-corrected chi connectivity index (χ3v) is 6.09. The minimum atomic E-state index is -0.673. The van der Waals surface area contributed by atoms with Crippen molar-refractivity contribution in [1.82, 2.24) is 4.90 Å². The lowest BCUT2D eigenvalue weighted by molar-refractivity contribution is -0.115. The summed E-state index contributed by atoms with van der Waals surface area (Å²) in [5.74, 6) is 0.383. The number of nitrogens with one attached hydrogen (secondary N) is 1. The maximum absolute atomic E-state index is 13.2. The van der Waals surface area contributed by atoms with Gasteiger partial charge in [-0.2, -0.15) is 0 Å². The maximum Gasteiger partial charge on any atom is 0.238 e. The van der Waals surface area contributed by atoms with Crippen molar-refractivity contribution in [2.24, 2.45) is 4.99 Å². The molecule has 35 heavy (non-hydrogen) atoms. The number of benzene rings is 3. The lowest BCUT2D eigenvalue weighted by Gasteiger charge is -2.20. The third-order valence-electron chi connectivity index (χ3n) is 6.09. The lowest BCUT2D eigenvalue weighted by Crippen LogP contribution is -2.22. The second kappa shape index (κ2) is 9.35. The van der Waals surface area contributed by atoms with E-state index >= 15 is 0 Å². The van der Waals surface area contributed by atoms with E-state index in [9.17, 15) is 9.59 Å². The zero-order chi connectivity index (χ0) is 24.5. The number of hydrogen-bond donors (Lipinski definition) is 1. The van der Waals surface area contributed by atoms with Crippen LogP contribution in [0, 0.1) is 0 Å². The first kappa shape index (κ1) is 22.8. The number of Topliss-reactive ketones (excluding diaryl/α,β-unsaturated/α-hetero) is 1. The summed E-state index contributed by atoms with van der Waals surface area (Å²) >= 11 is 0. The molecular weight excluding hydrogens is 442 g/mol. The van der Waals surface area contributed by atoms with Gasteiger partial charge in [0, 0.05) is 23.4 Å². The zero-order valence-electron chi connectivity index (χ0n) is 20.0. The van der Waals surface area contributed by atoms with E-state index in [2.05, 4.69) is 10.2 Å². The van der Waals surface area contributed by atoms with E-state index in [1.54, 1.807) is 18.2 Å². The number of anilines is 1. The zero-order valence-corrected chi connectivity index (χ0v) is 20.0. The normalized spacial score (nSPS) is 16.7. The van der Waals surface area contributed by atoms with Crippen molar-refractivity contribution in [2.75, 3.05) is 32.6 Å². The van der Waals surface area contributed by atoms with Gasteiger partial charge >= 0.3 is 0 Å². The summed E-state index contributed by atoms with van der Waals surface area (Å²) in [5.41, 5.74) is 5.23. The summed E-state index contributed by atoms with van der Waals surface area (Å²) in [7, 11) is 4.05. The predicted octanol–water partition coefficient (Wildman–Crippen LogP) is 4.58. The standard InChI is InChI=1S/C28H27N3O4/c1-17(32)19-6-10-23-22(14-19)26(28(33)30-23)27(20-7-11-24-25(15-20)35-13-12-34-24)29-21-8-4-18(5-9-21)16-31(2)3/h4-11,14-15,26H,12-13,16H2,1-3H3,(H,30,33). The number of ether oxygens (including phenoxy) is 2. The Morgan fingerprint density at radius 1 is 0.971 bits per heavy atom. The van der Waals surface area contributed by atoms with Crippen molar-refractivity contribution in [1.29, 1.82) is 0 Å². The molecule has 0 bridgehead atoms. The molecule has 7 nitrogen and oxygen atoms in total. The molecule has 1 N–H and O–H groups in total. The van der Waals surface area contributed by atoms with Gasteiger partial charge in [0.2, 0.25) is 5.91 Å². The molecule has 5 rings (SSSR count). The summed E-state index contributed by atoms with van der Waals surface area (Å²) in [5, 5.41) is 2.95. The second-order valence-electron chi connectivity index (χ2n) is 9.04. The molecule has 0 radical (unpaired) electrons. The highest BCUT2D eigenvalue weighted by Gasteiger charge is 2.36. The van der Waals surface area contributed by atoms with Crippen LogP contribution in [0.3, 0.4) is 0 Å². The van der Waals surface area contributed by atoms with Gasteiger partial charge in [-0.1, -0.05) is 12.1 Å². The highest BCUT2D eigenvalue weighted by Crippen LogP contribution is 2.39. The van der Waals surface area contributed by atoms with Gasteiger partial charge in [0.1, 0.15) is 19.1 Å². The minimum Gasteiger partial charge on any atom is -0.486 e. The molecule has 0 aromatic heterocycles. The van der Waals surface area contributed by atoms with E-state index < -0.39 is 5.92 Å². The highest BCUT2D eigenvalue weighted by molar-refractivity contribution is 6.24. The first-order valence-electron chi connectivity index (χ1n) is 11.6. The Balaban J connectivity index is 1.63. The number of fused-ring (bicyclic) bond motifs is 2. The van der Waals surface area contributed by atoms with Crippen LogP contribution in [0.4, 0.5) is 11.4 Å². The van der Waals surface area contributed by atoms with Crippen LogP contribution in [0.1, 0.15) is 39.9 Å². The minimum absolute atomic E-state index is 0.0554. The third kappa shape index (κ3) is 4.68. The molecule has 0 saturated heterocycles. The Bertz CT molecular complexity index is 1330. The molecule has 0 aliphatic carbocycles. The van der Waals surface area contributed by atoms with Gasteiger partial charge in [0.25, 0.3) is 0 Å². The average Bonchev–Trinajstić information content (AvgIpc) is 3.17. The molecule has 3 aromatic carbocycles. The van der Waals surface area contributed by atoms with Crippen LogP contribution in [0.15, 0.2) is 65.7 Å². The van der Waals surface area contributed by atoms with Crippen LogP contribution in [-0.4, -0.2) is 49.6 Å². The maximum atomic E-state index is 13.2. The van der Waals surface area contributed by atoms with Crippen LogP contribution in [-0.2, 0) is 11.3 Å². The van der Waals surface area contributed by atoms with Crippen molar-refractivity contribution in [3.8, 4) is 11.5 Å². The number of rotatable bonds is 6. The fourth-order valence-electron chi connectivity index (χ4n) is 4.43. The molecule has 7 heteroatoms. The Morgan fingerprint density at radius 2 is 1.69 bits per heavy atom. The molecular formula is C28H27N3O4. The van der Waals surface area contributed by atoms with Gasteiger partial charge in [-0.25, -0.2) is 0 Å². The van der Waals surface area contributed by atoms with Crippen molar-refractivity contribution in [3.63, 3.8) is 0 Å². The second-order valence-corrected chi connectivity index (χ2v) is 9.04. The number of hydrogen-bond acceptors (Lipinski definition) is 6. The smallest absolute Gasteiger partial charge is 0.238 e. The Hall–Kier alpha value is -3.97. The fourth-order valence-corrected chi connectivity index (χ4v) is 4.43. The Labute approximate surface area is 204 Å². The van der Waals surface area contributed by atoms with Crippen molar-refractivity contribution >= 4 is 28.8 Å². The molecule has 0 spiro atoms. The Kier molecular flexibility index (Phi) is 6.09. The van der Waals surface area contributed by atoms with E-state index in [1.165, 1.54) is 12.5 Å². The number of amides is 1. The van der Waals surface area contributed by atoms with Crippen LogP contribution in [0.5, 0.6) is 11.5 Å². The monoisotopic (exact) mass is 469 g/mol. The molecule has 2 aliphatic heterocycles. The molecule has 0 fully saturated rings. The topological polar surface area (TPSA) is 80.2 Å². The van der Waals surface area contributed by atoms with E-state index in [0.29, 0.717) is 41.7 Å². The molecule has 1 amide bonds. The van der Waals surface area contributed by atoms with Crippen molar-refractivity contribution in [2.45, 2.75) is 19.4 Å². The van der Waals surface area contributed by atoms with E-state index in [4.69, 9.17) is 14.5 Å². The molecule has 178 valence electrons. The fraction of sp³-hybridized carbons (Fsp3) is 0.250. The highest BCUT2D eigenvalue weighted by atomic mass is 16.6. The van der Waals surface area contributed by atoms with Crippen LogP contribution >= 0.6 is 0 Å². The molecule has 3 aromatic rings. The largest absolute Gasteiger partial charge is 0.486 e. The number of carbonyl (C=O) groups excluding carboxylic acids is 2. The van der Waals surface area contributed by atoms with Crippen molar-refractivity contribution in [3.05, 3.63) is 82.9 Å². The quantitative estimate of drug-likeness (QED) is 0.422. The number of aliphatic imine (C=N–C) groups is 1. The predicted molar refractivity (Wildman–Crippen MR) is 135 cm³/mol. The Morgan fingerprint density at radius 3 is 2.40 bits per heavy atom. The van der Waals surface area contributed by atoms with Crippen LogP contribution in [0.25, 0.3) is 0 Å². The average molecular weight is 470 g/mol. The summed E-state index contributed by atoms with van der Waals surface area (Å²) in [6.07, 6.45) is 0. The molecule has 2 aliphatic rings.